The first-order valence-corrected chi connectivity index (χ1v) is 0. The molecule has 0 bridgehead atoms. The standard InChI is InChI=1S/4K.O.Sb/q4*+1;-2;+3. The fraction of sp³-hybridized carbons (Fsp3) is 0. The van der Waals surface area contributed by atoms with Gasteiger partial charge >= 0.3 is 230 Å². The van der Waals surface area contributed by atoms with Gasteiger partial charge in [0.25, 0.3) is 0 Å². The van der Waals surface area contributed by atoms with E-state index >= 15 is 0 Å². The number of rotatable bonds is 0. The summed E-state index contributed by atoms with van der Waals surface area (Å²) < 4.78 is 0. The Kier molecular flexibility index (Phi) is 185. The maximum absolute atomic E-state index is 0. The van der Waals surface area contributed by atoms with Crippen LogP contribution in [-0.4, -0.2) is 24.4 Å². The van der Waals surface area contributed by atoms with Crippen LogP contribution in [0.5, 0.6) is 0 Å². The van der Waals surface area contributed by atoms with Gasteiger partial charge in [-0.1, -0.05) is 0 Å². The summed E-state index contributed by atoms with van der Waals surface area (Å²) in [5.74, 6) is 0. The molecule has 0 saturated heterocycles. The van der Waals surface area contributed by atoms with Gasteiger partial charge in [-0.3, -0.25) is 0 Å². The minimum atomic E-state index is 0. The fourth-order valence-electron chi connectivity index (χ4n) is 0. The zero-order valence-corrected chi connectivity index (χ0v) is 19.9. The van der Waals surface area contributed by atoms with Crippen LogP contribution in [0.4, 0.5) is 0 Å². The van der Waals surface area contributed by atoms with E-state index in [4.69, 9.17) is 0 Å². The quantitative estimate of drug-likeness (QED) is 0.397. The SMILES string of the molecule is [K+].[K+].[K+].[K+].[O-2].[Sb+3]. The van der Waals surface area contributed by atoms with Gasteiger partial charge in [0.1, 0.15) is 0 Å². The Morgan fingerprint density at radius 2 is 0.500 bits per heavy atom. The minimum absolute atomic E-state index is 0. The van der Waals surface area contributed by atoms with Crippen molar-refractivity contribution in [2.45, 2.75) is 0 Å². The molecule has 0 aliphatic heterocycles. The van der Waals surface area contributed by atoms with Crippen LogP contribution in [0.2, 0.25) is 0 Å². The molecule has 0 saturated carbocycles. The van der Waals surface area contributed by atoms with Crippen LogP contribution in [0, 0.1) is 0 Å². The largest absolute Gasteiger partial charge is 3.00 e. The Hall–Kier alpha value is 7.32. The van der Waals surface area contributed by atoms with Gasteiger partial charge in [-0.2, -0.15) is 0 Å². The summed E-state index contributed by atoms with van der Waals surface area (Å²) >= 11 is 0. The zero-order chi connectivity index (χ0) is 0. The average molecular weight is 294 g/mol. The number of hydrogen-bond acceptors (Lipinski definition) is 0. The van der Waals surface area contributed by atoms with Gasteiger partial charge in [0, 0.05) is 0 Å². The summed E-state index contributed by atoms with van der Waals surface area (Å²) in [6.07, 6.45) is 0. The molecule has 1 nitrogen and oxygen atoms in total. The van der Waals surface area contributed by atoms with Crippen molar-refractivity contribution in [2.24, 2.45) is 0 Å². The summed E-state index contributed by atoms with van der Waals surface area (Å²) in [6.45, 7) is 0. The van der Waals surface area contributed by atoms with E-state index < -0.39 is 0 Å². The van der Waals surface area contributed by atoms with Crippen LogP contribution in [0.25, 0.3) is 0 Å². The molecule has 0 N–H and O–H groups in total. The van der Waals surface area contributed by atoms with Crippen LogP contribution in [0.3, 0.4) is 0 Å². The Morgan fingerprint density at radius 3 is 0.500 bits per heavy atom. The van der Waals surface area contributed by atoms with Gasteiger partial charge in [-0.05, 0) is 0 Å². The van der Waals surface area contributed by atoms with Gasteiger partial charge in [0.2, 0.25) is 0 Å². The Morgan fingerprint density at radius 1 is 0.500 bits per heavy atom. The van der Waals surface area contributed by atoms with Crippen LogP contribution >= 0.6 is 0 Å². The average Bonchev–Trinajstić information content (AvgIpc) is 0. The molecule has 6 heteroatoms. The fourth-order valence-corrected chi connectivity index (χ4v) is 0. The third kappa shape index (κ3) is 22.5. The molecule has 0 aliphatic carbocycles. The molecule has 0 rings (SSSR count). The summed E-state index contributed by atoms with van der Waals surface area (Å²) in [5, 5.41) is 0. The van der Waals surface area contributed by atoms with Crippen molar-refractivity contribution < 1.29 is 211 Å². The predicted molar refractivity (Wildman–Crippen MR) is 6.44 cm³/mol. The second kappa shape index (κ2) is 29.5. The first-order valence-electron chi connectivity index (χ1n) is 0. The van der Waals surface area contributed by atoms with Gasteiger partial charge in [0.15, 0.2) is 0 Å². The van der Waals surface area contributed by atoms with E-state index in [0.29, 0.717) is 0 Å². The maximum atomic E-state index is 0. The molecule has 0 amide bonds. The molecule has 2 radical (unpaired) electrons. The van der Waals surface area contributed by atoms with E-state index in [1.807, 2.05) is 0 Å². The molecular weight excluding hydrogens is 294 g/mol. The monoisotopic (exact) mass is 293 g/mol. The van der Waals surface area contributed by atoms with Gasteiger partial charge in [-0.25, -0.2) is 0 Å². The van der Waals surface area contributed by atoms with Crippen LogP contribution in [0.1, 0.15) is 0 Å². The molecule has 0 fully saturated rings. The van der Waals surface area contributed by atoms with Crippen molar-refractivity contribution in [3.8, 4) is 0 Å². The van der Waals surface area contributed by atoms with E-state index in [2.05, 4.69) is 0 Å². The molecule has 0 aromatic heterocycles. The van der Waals surface area contributed by atoms with Crippen molar-refractivity contribution >= 4 is 24.4 Å². The number of hydrogen-bond donors (Lipinski definition) is 0. The Bertz CT molecular complexity index is 7.51. The molecule has 0 aromatic carbocycles. The van der Waals surface area contributed by atoms with E-state index in [9.17, 15) is 0 Å². The summed E-state index contributed by atoms with van der Waals surface area (Å²) in [5.41, 5.74) is 0. The van der Waals surface area contributed by atoms with Crippen LogP contribution < -0.4 is 206 Å². The van der Waals surface area contributed by atoms with Crippen molar-refractivity contribution in [3.05, 3.63) is 0 Å². The molecule has 0 atom stereocenters. The smallest absolute Gasteiger partial charge is 2.00 e. The molecule has 0 unspecified atom stereocenters. The molecule has 6 heavy (non-hydrogen) atoms. The Labute approximate surface area is 226 Å². The minimum Gasteiger partial charge on any atom is -2.00 e. The molecule has 0 aromatic rings. The van der Waals surface area contributed by atoms with Crippen LogP contribution in [-0.2, 0) is 5.48 Å². The topological polar surface area (TPSA) is 28.5 Å². The van der Waals surface area contributed by atoms with E-state index in [-0.39, 0.29) is 235 Å². The van der Waals surface area contributed by atoms with Gasteiger partial charge in [-0.15, -0.1) is 0 Å². The van der Waals surface area contributed by atoms with Crippen LogP contribution in [0.15, 0.2) is 0 Å². The maximum Gasteiger partial charge on any atom is 3.00 e. The molecular formula is K4OSb+5. The first-order chi connectivity index (χ1) is 0. The normalized spacial score (nSPS) is 0. The molecule has 0 aliphatic rings. The van der Waals surface area contributed by atoms with E-state index in [0.717, 1.165) is 0 Å². The second-order valence-corrected chi connectivity index (χ2v) is 0. The van der Waals surface area contributed by atoms with Gasteiger partial charge < -0.3 is 5.48 Å². The van der Waals surface area contributed by atoms with Crippen molar-refractivity contribution in [3.63, 3.8) is 0 Å². The second-order valence-electron chi connectivity index (χ2n) is 0. The predicted octanol–water partition coefficient (Wildman–Crippen LogP) is -12.5. The van der Waals surface area contributed by atoms with Crippen molar-refractivity contribution in [1.82, 2.24) is 0 Å². The van der Waals surface area contributed by atoms with Crippen molar-refractivity contribution in [1.29, 1.82) is 0 Å². The summed E-state index contributed by atoms with van der Waals surface area (Å²) in [4.78, 5) is 0. The van der Waals surface area contributed by atoms with Crippen molar-refractivity contribution in [2.75, 3.05) is 0 Å². The molecule has 0 heterocycles. The molecule has 10 valence electrons. The third-order valence-electron chi connectivity index (χ3n) is 0. The molecule has 0 spiro atoms. The first kappa shape index (κ1) is 37.7. The summed E-state index contributed by atoms with van der Waals surface area (Å²) in [7, 11) is 0. The third-order valence-corrected chi connectivity index (χ3v) is 0. The van der Waals surface area contributed by atoms with E-state index in [1.54, 1.807) is 0 Å². The van der Waals surface area contributed by atoms with Gasteiger partial charge in [0.05, 0.1) is 0 Å². The van der Waals surface area contributed by atoms with E-state index in [1.165, 1.54) is 0 Å². The summed E-state index contributed by atoms with van der Waals surface area (Å²) in [6, 6.07) is 0. The zero-order valence-electron chi connectivity index (χ0n) is 4.86. The Balaban J connectivity index is 0.